The summed E-state index contributed by atoms with van der Waals surface area (Å²) in [4.78, 5) is 0. The first kappa shape index (κ1) is 13.3. The van der Waals surface area contributed by atoms with Crippen LogP contribution in [-0.4, -0.2) is 15.8 Å². The average Bonchev–Trinajstić information content (AvgIpc) is 2.82. The largest absolute Gasteiger partial charge is 0.308 e. The van der Waals surface area contributed by atoms with Crippen LogP contribution in [-0.2, 0) is 13.1 Å². The third-order valence-corrected chi connectivity index (χ3v) is 2.96. The van der Waals surface area contributed by atoms with E-state index in [1.807, 2.05) is 48.3 Å². The van der Waals surface area contributed by atoms with Crippen LogP contribution < -0.4 is 5.32 Å². The number of rotatable bonds is 5. The monoisotopic (exact) mass is 254 g/mol. The van der Waals surface area contributed by atoms with E-state index in [0.29, 0.717) is 11.6 Å². The van der Waals surface area contributed by atoms with Crippen LogP contribution in [0.3, 0.4) is 0 Å². The summed E-state index contributed by atoms with van der Waals surface area (Å²) < 4.78 is 1.95. The Kier molecular flexibility index (Phi) is 4.32. The van der Waals surface area contributed by atoms with Gasteiger partial charge in [0.1, 0.15) is 0 Å². The zero-order chi connectivity index (χ0) is 13.7. The van der Waals surface area contributed by atoms with E-state index in [-0.39, 0.29) is 0 Å². The van der Waals surface area contributed by atoms with Crippen molar-refractivity contribution in [1.82, 2.24) is 15.1 Å². The van der Waals surface area contributed by atoms with Crippen LogP contribution >= 0.6 is 0 Å². The summed E-state index contributed by atoms with van der Waals surface area (Å²) in [6.45, 7) is 5.83. The Morgan fingerprint density at radius 1 is 1.37 bits per heavy atom. The first-order valence-electron chi connectivity index (χ1n) is 6.39. The number of nitrogens with zero attached hydrogens (tertiary/aromatic N) is 3. The number of hydrogen-bond donors (Lipinski definition) is 1. The molecular formula is C15H18N4. The zero-order valence-electron chi connectivity index (χ0n) is 11.3. The van der Waals surface area contributed by atoms with E-state index in [2.05, 4.69) is 23.4 Å². The van der Waals surface area contributed by atoms with Crippen LogP contribution in [0.25, 0.3) is 0 Å². The second-order valence-corrected chi connectivity index (χ2v) is 4.83. The van der Waals surface area contributed by atoms with Crippen molar-refractivity contribution in [2.75, 3.05) is 0 Å². The van der Waals surface area contributed by atoms with Gasteiger partial charge in [0.2, 0.25) is 0 Å². The van der Waals surface area contributed by atoms with Crippen LogP contribution in [0, 0.1) is 18.3 Å². The molecule has 4 nitrogen and oxygen atoms in total. The molecular weight excluding hydrogens is 236 g/mol. The second kappa shape index (κ2) is 6.17. The van der Waals surface area contributed by atoms with E-state index in [1.165, 1.54) is 11.1 Å². The lowest BCUT2D eigenvalue weighted by atomic mass is 10.1. The van der Waals surface area contributed by atoms with Gasteiger partial charge in [-0.15, -0.1) is 0 Å². The number of nitrogens with one attached hydrogen (secondary N) is 1. The molecule has 0 spiro atoms. The maximum atomic E-state index is 8.74. The number of aryl methyl sites for hydroxylation is 1. The summed E-state index contributed by atoms with van der Waals surface area (Å²) in [6, 6.07) is 10.1. The van der Waals surface area contributed by atoms with Crippen molar-refractivity contribution in [2.45, 2.75) is 33.0 Å². The van der Waals surface area contributed by atoms with E-state index >= 15 is 0 Å². The lowest BCUT2D eigenvalue weighted by Crippen LogP contribution is -2.30. The summed E-state index contributed by atoms with van der Waals surface area (Å²) in [7, 11) is 0. The maximum absolute atomic E-state index is 8.74. The molecule has 2 rings (SSSR count). The van der Waals surface area contributed by atoms with Gasteiger partial charge >= 0.3 is 0 Å². The van der Waals surface area contributed by atoms with Crippen molar-refractivity contribution < 1.29 is 0 Å². The first-order chi connectivity index (χ1) is 9.17. The Morgan fingerprint density at radius 2 is 2.11 bits per heavy atom. The van der Waals surface area contributed by atoms with Crippen molar-refractivity contribution in [2.24, 2.45) is 0 Å². The van der Waals surface area contributed by atoms with Crippen LogP contribution in [0.5, 0.6) is 0 Å². The number of hydrogen-bond acceptors (Lipinski definition) is 3. The number of nitriles is 1. The number of aromatic nitrogens is 2. The third-order valence-electron chi connectivity index (χ3n) is 2.96. The molecule has 1 heterocycles. The fraction of sp³-hybridized carbons (Fsp3) is 0.333. The molecule has 1 aromatic carbocycles. The Labute approximate surface area is 113 Å². The lowest BCUT2D eigenvalue weighted by Gasteiger charge is -2.14. The zero-order valence-corrected chi connectivity index (χ0v) is 11.3. The van der Waals surface area contributed by atoms with Gasteiger partial charge in [0.15, 0.2) is 0 Å². The van der Waals surface area contributed by atoms with E-state index in [4.69, 9.17) is 5.26 Å². The quantitative estimate of drug-likeness (QED) is 0.890. The predicted octanol–water partition coefficient (Wildman–Crippen LogP) is 2.24. The average molecular weight is 254 g/mol. The molecule has 0 radical (unpaired) electrons. The van der Waals surface area contributed by atoms with Gasteiger partial charge in [-0.2, -0.15) is 10.4 Å². The fourth-order valence-electron chi connectivity index (χ4n) is 1.90. The minimum absolute atomic E-state index is 0.343. The molecule has 98 valence electrons. The molecule has 0 aliphatic heterocycles. The Hall–Kier alpha value is -2.12. The molecule has 0 bridgehead atoms. The highest BCUT2D eigenvalue weighted by Crippen LogP contribution is 2.04. The van der Waals surface area contributed by atoms with E-state index in [1.54, 1.807) is 0 Å². The molecule has 0 aliphatic rings. The molecule has 1 unspecified atom stereocenters. The van der Waals surface area contributed by atoms with Crippen LogP contribution in [0.2, 0.25) is 0 Å². The Bertz CT molecular complexity index is 563. The molecule has 0 aliphatic carbocycles. The number of benzene rings is 1. The smallest absolute Gasteiger partial charge is 0.0991 e. The van der Waals surface area contributed by atoms with E-state index < -0.39 is 0 Å². The highest BCUT2D eigenvalue weighted by Gasteiger charge is 2.03. The molecule has 19 heavy (non-hydrogen) atoms. The van der Waals surface area contributed by atoms with Crippen molar-refractivity contribution >= 4 is 0 Å². The van der Waals surface area contributed by atoms with Gasteiger partial charge in [-0.05, 0) is 37.1 Å². The van der Waals surface area contributed by atoms with Crippen molar-refractivity contribution in [3.8, 4) is 6.07 Å². The van der Waals surface area contributed by atoms with Gasteiger partial charge in [-0.1, -0.05) is 12.1 Å². The third kappa shape index (κ3) is 3.94. The summed E-state index contributed by atoms with van der Waals surface area (Å²) in [6.07, 6.45) is 3.91. The van der Waals surface area contributed by atoms with Crippen molar-refractivity contribution in [3.05, 3.63) is 53.3 Å². The minimum Gasteiger partial charge on any atom is -0.308 e. The normalized spacial score (nSPS) is 12.1. The molecule has 0 fully saturated rings. The Morgan fingerprint density at radius 3 is 2.68 bits per heavy atom. The van der Waals surface area contributed by atoms with Gasteiger partial charge in [0.05, 0.1) is 24.4 Å². The van der Waals surface area contributed by atoms with Gasteiger partial charge < -0.3 is 5.32 Å². The molecule has 1 atom stereocenters. The van der Waals surface area contributed by atoms with Crippen molar-refractivity contribution in [3.63, 3.8) is 0 Å². The molecule has 1 aromatic heterocycles. The van der Waals surface area contributed by atoms with Gasteiger partial charge in [0.25, 0.3) is 0 Å². The van der Waals surface area contributed by atoms with Crippen LogP contribution in [0.4, 0.5) is 0 Å². The summed E-state index contributed by atoms with van der Waals surface area (Å²) in [5, 5.41) is 16.5. The molecule has 4 heteroatoms. The molecule has 0 saturated carbocycles. The molecule has 2 aromatic rings. The molecule has 1 N–H and O–H groups in total. The highest BCUT2D eigenvalue weighted by molar-refractivity contribution is 5.31. The predicted molar refractivity (Wildman–Crippen MR) is 74.4 cm³/mol. The fourth-order valence-corrected chi connectivity index (χ4v) is 1.90. The van der Waals surface area contributed by atoms with Crippen LogP contribution in [0.15, 0.2) is 36.7 Å². The van der Waals surface area contributed by atoms with E-state index in [0.717, 1.165) is 13.1 Å². The summed E-state index contributed by atoms with van der Waals surface area (Å²) in [5.74, 6) is 0. The summed E-state index contributed by atoms with van der Waals surface area (Å²) in [5.41, 5.74) is 3.06. The topological polar surface area (TPSA) is 53.6 Å². The molecule has 0 saturated heterocycles. The standard InChI is InChI=1S/C15H18N4/c1-12-8-18-19(10-12)11-13(2)17-9-15-5-3-14(7-16)4-6-15/h3-6,8,10,13,17H,9,11H2,1-2H3. The first-order valence-corrected chi connectivity index (χ1v) is 6.39. The van der Waals surface area contributed by atoms with E-state index in [9.17, 15) is 0 Å². The highest BCUT2D eigenvalue weighted by atomic mass is 15.3. The van der Waals surface area contributed by atoms with Crippen molar-refractivity contribution in [1.29, 1.82) is 5.26 Å². The van der Waals surface area contributed by atoms with Gasteiger partial charge in [-0.25, -0.2) is 0 Å². The lowest BCUT2D eigenvalue weighted by molar-refractivity contribution is 0.450. The molecule has 0 amide bonds. The second-order valence-electron chi connectivity index (χ2n) is 4.83. The minimum atomic E-state index is 0.343. The van der Waals surface area contributed by atoms with Gasteiger partial charge in [-0.3, -0.25) is 4.68 Å². The Balaban J connectivity index is 1.82. The summed E-state index contributed by atoms with van der Waals surface area (Å²) >= 11 is 0. The van der Waals surface area contributed by atoms with Gasteiger partial charge in [0, 0.05) is 18.8 Å². The maximum Gasteiger partial charge on any atom is 0.0991 e. The van der Waals surface area contributed by atoms with Crippen LogP contribution in [0.1, 0.15) is 23.6 Å². The SMILES string of the molecule is Cc1cnn(CC(C)NCc2ccc(C#N)cc2)c1.